The average Bonchev–Trinajstić information content (AvgIpc) is 2.52. The Kier molecular flexibility index (Phi) is 5.63. The van der Waals surface area contributed by atoms with Crippen LogP contribution < -0.4 is 10.1 Å². The third-order valence-electron chi connectivity index (χ3n) is 3.90. The van der Waals surface area contributed by atoms with Crippen LogP contribution in [0.3, 0.4) is 0 Å². The van der Waals surface area contributed by atoms with Crippen molar-refractivity contribution in [1.82, 2.24) is 15.2 Å². The number of pyridine rings is 1. The second-order valence-corrected chi connectivity index (χ2v) is 8.86. The monoisotopic (exact) mass is 358 g/mol. The number of nitrogens with one attached hydrogen (secondary N) is 1. The number of hydrogen-bond acceptors (Lipinski definition) is 5. The van der Waals surface area contributed by atoms with Crippen LogP contribution in [0.4, 0.5) is 4.39 Å². The molecule has 2 rings (SSSR count). The summed E-state index contributed by atoms with van der Waals surface area (Å²) in [6.45, 7) is 4.80. The fraction of sp³-hybridized carbons (Fsp3) is 0.600. The number of hydrogen-bond donors (Lipinski definition) is 1. The largest absolute Gasteiger partial charge is 0.474 e. The van der Waals surface area contributed by atoms with Gasteiger partial charge >= 0.3 is 0 Å². The third kappa shape index (κ3) is 4.14. The molecule has 0 amide bonds. The van der Waals surface area contributed by atoms with Crippen LogP contribution in [-0.4, -0.2) is 68.0 Å². The number of ether oxygens (including phenoxy) is 1. The Labute approximate surface area is 141 Å². The molecule has 0 bridgehead atoms. The highest BCUT2D eigenvalue weighted by molar-refractivity contribution is 7.92. The Morgan fingerprint density at radius 2 is 2.29 bits per heavy atom. The van der Waals surface area contributed by atoms with Crippen LogP contribution in [0.5, 0.6) is 5.88 Å². The maximum absolute atomic E-state index is 13.4. The first kappa shape index (κ1) is 18.4. The molecule has 1 fully saturated rings. The number of halogens is 1. The van der Waals surface area contributed by atoms with Gasteiger partial charge in [0, 0.05) is 26.3 Å². The Balaban J connectivity index is 1.86. The molecule has 0 aliphatic carbocycles. The molecule has 1 N–H and O–H groups in total. The van der Waals surface area contributed by atoms with Crippen molar-refractivity contribution in [1.29, 1.82) is 0 Å². The van der Waals surface area contributed by atoms with Crippen LogP contribution in [0.2, 0.25) is 0 Å². The highest BCUT2D eigenvalue weighted by atomic mass is 32.2. The van der Waals surface area contributed by atoms with E-state index < -0.39 is 20.4 Å². The molecule has 0 spiro atoms. The van der Waals surface area contributed by atoms with Crippen molar-refractivity contribution in [2.45, 2.75) is 18.6 Å². The van der Waals surface area contributed by atoms with Gasteiger partial charge in [-0.2, -0.15) is 0 Å². The molecule has 0 unspecified atom stereocenters. The van der Waals surface area contributed by atoms with Crippen LogP contribution in [-0.2, 0) is 9.84 Å². The quantitative estimate of drug-likeness (QED) is 0.484. The van der Waals surface area contributed by atoms with Crippen LogP contribution in [0.25, 0.3) is 0 Å². The van der Waals surface area contributed by atoms with Gasteiger partial charge in [-0.1, -0.05) is 0 Å². The molecule has 2 heterocycles. The molecule has 0 radical (unpaired) electrons. The minimum Gasteiger partial charge on any atom is -0.474 e. The summed E-state index contributed by atoms with van der Waals surface area (Å²) in [5.74, 6) is 0.142. The van der Waals surface area contributed by atoms with Gasteiger partial charge in [-0.05, 0) is 26.0 Å². The summed E-state index contributed by atoms with van der Waals surface area (Å²) in [5.41, 5.74) is 0. The minimum absolute atomic E-state index is 0.0421. The smallest absolute Gasteiger partial charge is 0.250 e. The molecule has 9 heteroatoms. The van der Waals surface area contributed by atoms with E-state index in [-0.39, 0.29) is 18.2 Å². The van der Waals surface area contributed by atoms with Crippen molar-refractivity contribution in [2.24, 2.45) is 4.99 Å². The van der Waals surface area contributed by atoms with E-state index in [1.54, 1.807) is 20.9 Å². The van der Waals surface area contributed by atoms with E-state index in [0.717, 1.165) is 0 Å². The number of rotatable bonds is 4. The Morgan fingerprint density at radius 3 is 2.92 bits per heavy atom. The van der Waals surface area contributed by atoms with E-state index in [2.05, 4.69) is 15.3 Å². The van der Waals surface area contributed by atoms with E-state index in [1.165, 1.54) is 18.3 Å². The van der Waals surface area contributed by atoms with Gasteiger partial charge in [0.15, 0.2) is 21.6 Å². The fourth-order valence-electron chi connectivity index (χ4n) is 2.44. The topological polar surface area (TPSA) is 83.9 Å². The van der Waals surface area contributed by atoms with Gasteiger partial charge in [0.05, 0.1) is 17.0 Å². The standard InChI is InChI=1S/C15H23FN4O3S/c1-15(2)11-20(8-10-24(15,21)22)14(17-3)19-7-9-23-13-12(16)5-4-6-18-13/h4-6H,7-11H2,1-3H3,(H,17,19). The van der Waals surface area contributed by atoms with Crippen molar-refractivity contribution in [3.63, 3.8) is 0 Å². The molecule has 0 aromatic carbocycles. The number of nitrogens with zero attached hydrogens (tertiary/aromatic N) is 3. The molecule has 134 valence electrons. The summed E-state index contributed by atoms with van der Waals surface area (Å²) in [5, 5.41) is 3.10. The highest BCUT2D eigenvalue weighted by Crippen LogP contribution is 2.23. The molecular weight excluding hydrogens is 335 g/mol. The highest BCUT2D eigenvalue weighted by Gasteiger charge is 2.40. The summed E-state index contributed by atoms with van der Waals surface area (Å²) >= 11 is 0. The molecule has 7 nitrogen and oxygen atoms in total. The first-order chi connectivity index (χ1) is 11.3. The molecule has 0 saturated carbocycles. The van der Waals surface area contributed by atoms with Gasteiger partial charge in [0.2, 0.25) is 5.88 Å². The van der Waals surface area contributed by atoms with E-state index in [9.17, 15) is 12.8 Å². The number of aromatic nitrogens is 1. The lowest BCUT2D eigenvalue weighted by atomic mass is 10.2. The summed E-state index contributed by atoms with van der Waals surface area (Å²) in [4.78, 5) is 9.89. The summed E-state index contributed by atoms with van der Waals surface area (Å²) in [6, 6.07) is 2.78. The Hall–Kier alpha value is -1.90. The Bertz CT molecular complexity index is 706. The zero-order chi connectivity index (χ0) is 17.8. The molecule has 1 aliphatic heterocycles. The molecule has 0 atom stereocenters. The van der Waals surface area contributed by atoms with Gasteiger partial charge in [-0.15, -0.1) is 0 Å². The predicted octanol–water partition coefficient (Wildman–Crippen LogP) is 0.684. The summed E-state index contributed by atoms with van der Waals surface area (Å²) in [7, 11) is -1.46. The lowest BCUT2D eigenvalue weighted by Gasteiger charge is -2.39. The van der Waals surface area contributed by atoms with Crippen molar-refractivity contribution in [3.8, 4) is 5.88 Å². The van der Waals surface area contributed by atoms with E-state index in [1.807, 2.05) is 4.90 Å². The number of aliphatic imine (C=N–C) groups is 1. The fourth-order valence-corrected chi connectivity index (χ4v) is 3.81. The maximum Gasteiger partial charge on any atom is 0.250 e. The zero-order valence-corrected chi connectivity index (χ0v) is 14.9. The van der Waals surface area contributed by atoms with Gasteiger partial charge in [-0.25, -0.2) is 17.8 Å². The first-order valence-electron chi connectivity index (χ1n) is 7.68. The maximum atomic E-state index is 13.4. The minimum atomic E-state index is -3.10. The van der Waals surface area contributed by atoms with E-state index >= 15 is 0 Å². The van der Waals surface area contributed by atoms with Crippen LogP contribution >= 0.6 is 0 Å². The average molecular weight is 358 g/mol. The van der Waals surface area contributed by atoms with Gasteiger partial charge in [-0.3, -0.25) is 4.99 Å². The van der Waals surface area contributed by atoms with Gasteiger partial charge < -0.3 is 15.0 Å². The van der Waals surface area contributed by atoms with E-state index in [4.69, 9.17) is 4.74 Å². The molecule has 24 heavy (non-hydrogen) atoms. The van der Waals surface area contributed by atoms with E-state index in [0.29, 0.717) is 25.6 Å². The van der Waals surface area contributed by atoms with Crippen molar-refractivity contribution >= 4 is 15.8 Å². The first-order valence-corrected chi connectivity index (χ1v) is 9.33. The summed E-state index contributed by atoms with van der Waals surface area (Å²) < 4.78 is 42.0. The molecule has 1 saturated heterocycles. The molecular formula is C15H23FN4O3S. The lowest BCUT2D eigenvalue weighted by molar-refractivity contribution is 0.288. The van der Waals surface area contributed by atoms with Crippen LogP contribution in [0.15, 0.2) is 23.3 Å². The molecule has 1 aromatic heterocycles. The van der Waals surface area contributed by atoms with Crippen molar-refractivity contribution in [3.05, 3.63) is 24.1 Å². The normalized spacial score (nSPS) is 19.8. The second kappa shape index (κ2) is 7.33. The van der Waals surface area contributed by atoms with Gasteiger partial charge in [0.25, 0.3) is 0 Å². The predicted molar refractivity (Wildman–Crippen MR) is 90.5 cm³/mol. The second-order valence-electron chi connectivity index (χ2n) is 6.11. The van der Waals surface area contributed by atoms with Crippen LogP contribution in [0.1, 0.15) is 13.8 Å². The van der Waals surface area contributed by atoms with Crippen molar-refractivity contribution < 1.29 is 17.5 Å². The number of sulfone groups is 1. The molecule has 1 aromatic rings. The van der Waals surface area contributed by atoms with Gasteiger partial charge in [0.1, 0.15) is 6.61 Å². The number of guanidine groups is 1. The SMILES string of the molecule is CN=C(NCCOc1ncccc1F)N1CCS(=O)(=O)C(C)(C)C1. The molecule has 1 aliphatic rings. The van der Waals surface area contributed by atoms with Crippen molar-refractivity contribution in [2.75, 3.05) is 39.0 Å². The lowest BCUT2D eigenvalue weighted by Crippen LogP contribution is -2.57. The summed E-state index contributed by atoms with van der Waals surface area (Å²) in [6.07, 6.45) is 1.46. The van der Waals surface area contributed by atoms with Crippen LogP contribution in [0, 0.1) is 5.82 Å². The zero-order valence-electron chi connectivity index (χ0n) is 14.1. The third-order valence-corrected chi connectivity index (χ3v) is 6.44. The Morgan fingerprint density at radius 1 is 1.54 bits per heavy atom.